The van der Waals surface area contributed by atoms with E-state index >= 15 is 0 Å². The maximum absolute atomic E-state index is 5.90. The predicted molar refractivity (Wildman–Crippen MR) is 61.2 cm³/mol. The molecule has 16 heavy (non-hydrogen) atoms. The van der Waals surface area contributed by atoms with Crippen molar-refractivity contribution in [1.82, 2.24) is 0 Å². The molecule has 2 unspecified atom stereocenters. The third-order valence-corrected chi connectivity index (χ3v) is 6.52. The summed E-state index contributed by atoms with van der Waals surface area (Å²) in [5, 5.41) is -0.531. The molecule has 0 aliphatic carbocycles. The predicted octanol–water partition coefficient (Wildman–Crippen LogP) is 0.988. The van der Waals surface area contributed by atoms with Gasteiger partial charge in [0.1, 0.15) is 11.3 Å². The summed E-state index contributed by atoms with van der Waals surface area (Å²) in [7, 11) is 2.02. The lowest BCUT2D eigenvalue weighted by molar-refractivity contribution is -0.0533. The number of rotatable bonds is 8. The van der Waals surface area contributed by atoms with Gasteiger partial charge in [-0.05, 0) is 13.3 Å². The van der Waals surface area contributed by atoms with E-state index in [2.05, 4.69) is 0 Å². The quantitative estimate of drug-likeness (QED) is 0.475. The summed E-state index contributed by atoms with van der Waals surface area (Å²) in [5.74, 6) is 0. The maximum Gasteiger partial charge on any atom is 0.533 e. The Hall–Kier alpha value is 0.0169. The Bertz CT molecular complexity index is 209. The van der Waals surface area contributed by atoms with Crippen LogP contribution < -0.4 is 0 Å². The molecule has 1 fully saturated rings. The molecule has 6 heteroatoms. The standard InChI is InChI=1S/C10H22O5Si/c1-6-10(2,15-8-9-7-14-9)16(11-3,12-4)13-5/h9H,6-8H2,1-5H3. The van der Waals surface area contributed by atoms with Crippen molar-refractivity contribution in [2.75, 3.05) is 34.5 Å². The van der Waals surface area contributed by atoms with Gasteiger partial charge in [0.2, 0.25) is 0 Å². The summed E-state index contributed by atoms with van der Waals surface area (Å²) >= 11 is 0. The molecule has 0 amide bonds. The highest BCUT2D eigenvalue weighted by atomic mass is 28.4. The van der Waals surface area contributed by atoms with Gasteiger partial charge in [0.25, 0.3) is 0 Å². The summed E-state index contributed by atoms with van der Waals surface area (Å²) in [4.78, 5) is 0. The average molecular weight is 250 g/mol. The van der Waals surface area contributed by atoms with Crippen LogP contribution in [-0.2, 0) is 22.8 Å². The van der Waals surface area contributed by atoms with Crippen LogP contribution in [0.4, 0.5) is 0 Å². The molecule has 96 valence electrons. The van der Waals surface area contributed by atoms with Crippen LogP contribution in [0.1, 0.15) is 20.3 Å². The molecular formula is C10H22O5Si. The van der Waals surface area contributed by atoms with Crippen LogP contribution in [0, 0.1) is 0 Å². The molecule has 1 heterocycles. The minimum atomic E-state index is -2.79. The van der Waals surface area contributed by atoms with E-state index in [1.807, 2.05) is 13.8 Å². The first kappa shape index (κ1) is 14.1. The topological polar surface area (TPSA) is 49.5 Å². The highest BCUT2D eigenvalue weighted by Crippen LogP contribution is 2.31. The minimum absolute atomic E-state index is 0.225. The van der Waals surface area contributed by atoms with E-state index in [0.717, 1.165) is 13.0 Å². The van der Waals surface area contributed by atoms with E-state index in [-0.39, 0.29) is 6.10 Å². The third kappa shape index (κ3) is 2.64. The zero-order valence-corrected chi connectivity index (χ0v) is 11.7. The lowest BCUT2D eigenvalue weighted by Crippen LogP contribution is -2.63. The summed E-state index contributed by atoms with van der Waals surface area (Å²) in [6.45, 7) is 5.35. The molecule has 0 aromatic heterocycles. The van der Waals surface area contributed by atoms with Crippen LogP contribution in [0.3, 0.4) is 0 Å². The lowest BCUT2D eigenvalue weighted by Gasteiger charge is -2.40. The fourth-order valence-corrected chi connectivity index (χ4v) is 4.23. The van der Waals surface area contributed by atoms with Crippen LogP contribution in [0.5, 0.6) is 0 Å². The van der Waals surface area contributed by atoms with Crippen molar-refractivity contribution < 1.29 is 22.8 Å². The average Bonchev–Trinajstić information content (AvgIpc) is 3.13. The number of epoxide rings is 1. The van der Waals surface area contributed by atoms with Gasteiger partial charge in [-0.1, -0.05) is 6.92 Å². The molecule has 0 saturated carbocycles. The van der Waals surface area contributed by atoms with Crippen molar-refractivity contribution in [3.8, 4) is 0 Å². The molecule has 0 radical (unpaired) electrons. The van der Waals surface area contributed by atoms with E-state index in [9.17, 15) is 0 Å². The molecule has 1 rings (SSSR count). The Morgan fingerprint density at radius 3 is 2.06 bits per heavy atom. The summed E-state index contributed by atoms with van der Waals surface area (Å²) < 4.78 is 27.5. The largest absolute Gasteiger partial charge is 0.533 e. The van der Waals surface area contributed by atoms with Crippen LogP contribution >= 0.6 is 0 Å². The van der Waals surface area contributed by atoms with Crippen molar-refractivity contribution in [2.45, 2.75) is 31.6 Å². The highest BCUT2D eigenvalue weighted by Gasteiger charge is 2.57. The molecule has 2 atom stereocenters. The van der Waals surface area contributed by atoms with E-state index in [4.69, 9.17) is 22.8 Å². The van der Waals surface area contributed by atoms with Gasteiger partial charge in [-0.15, -0.1) is 0 Å². The van der Waals surface area contributed by atoms with E-state index < -0.39 is 14.0 Å². The van der Waals surface area contributed by atoms with Crippen LogP contribution in [0.2, 0.25) is 0 Å². The van der Waals surface area contributed by atoms with E-state index in [1.54, 1.807) is 21.3 Å². The molecule has 0 bridgehead atoms. The molecular weight excluding hydrogens is 228 g/mol. The van der Waals surface area contributed by atoms with Gasteiger partial charge in [-0.2, -0.15) is 0 Å². The second-order valence-corrected chi connectivity index (χ2v) is 7.41. The van der Waals surface area contributed by atoms with Gasteiger partial charge in [0.05, 0.1) is 13.2 Å². The molecule has 0 N–H and O–H groups in total. The fourth-order valence-electron chi connectivity index (χ4n) is 1.75. The van der Waals surface area contributed by atoms with E-state index in [1.165, 1.54) is 0 Å². The first-order valence-corrected chi connectivity index (χ1v) is 7.21. The normalized spacial score (nSPS) is 24.2. The van der Waals surface area contributed by atoms with Gasteiger partial charge >= 0.3 is 8.80 Å². The zero-order valence-electron chi connectivity index (χ0n) is 10.7. The molecule has 1 saturated heterocycles. The van der Waals surface area contributed by atoms with Crippen LogP contribution in [0.25, 0.3) is 0 Å². The van der Waals surface area contributed by atoms with Crippen molar-refractivity contribution in [1.29, 1.82) is 0 Å². The third-order valence-electron chi connectivity index (χ3n) is 3.12. The minimum Gasteiger partial charge on any atom is -0.375 e. The second-order valence-electron chi connectivity index (χ2n) is 4.02. The zero-order chi connectivity index (χ0) is 12.2. The Labute approximate surface area is 98.3 Å². The van der Waals surface area contributed by atoms with Gasteiger partial charge in [0.15, 0.2) is 0 Å². The molecule has 5 nitrogen and oxygen atoms in total. The van der Waals surface area contributed by atoms with Crippen molar-refractivity contribution in [3.63, 3.8) is 0 Å². The number of hydrogen-bond acceptors (Lipinski definition) is 5. The first-order valence-electron chi connectivity index (χ1n) is 5.48. The van der Waals surface area contributed by atoms with Crippen LogP contribution in [0.15, 0.2) is 0 Å². The Morgan fingerprint density at radius 2 is 1.75 bits per heavy atom. The van der Waals surface area contributed by atoms with Gasteiger partial charge in [0, 0.05) is 21.3 Å². The summed E-state index contributed by atoms with van der Waals surface area (Å²) in [6.07, 6.45) is 0.990. The monoisotopic (exact) mass is 250 g/mol. The Balaban J connectivity index is 2.71. The van der Waals surface area contributed by atoms with Gasteiger partial charge < -0.3 is 22.8 Å². The van der Waals surface area contributed by atoms with E-state index in [0.29, 0.717) is 6.61 Å². The maximum atomic E-state index is 5.90. The highest BCUT2D eigenvalue weighted by molar-refractivity contribution is 6.63. The molecule has 1 aliphatic rings. The SMILES string of the molecule is CCC(C)(OCC1CO1)[Si](OC)(OC)OC. The molecule has 0 spiro atoms. The molecule has 0 aromatic carbocycles. The summed E-state index contributed by atoms with van der Waals surface area (Å²) in [6, 6.07) is 0. The van der Waals surface area contributed by atoms with Crippen LogP contribution in [-0.4, -0.2) is 54.7 Å². The Kier molecular flexibility index (Phi) is 4.90. The molecule has 0 aromatic rings. The van der Waals surface area contributed by atoms with Crippen molar-refractivity contribution in [2.24, 2.45) is 0 Å². The number of ether oxygens (including phenoxy) is 2. The smallest absolute Gasteiger partial charge is 0.375 e. The fraction of sp³-hybridized carbons (Fsp3) is 1.00. The lowest BCUT2D eigenvalue weighted by atomic mass is 10.3. The van der Waals surface area contributed by atoms with Gasteiger partial charge in [-0.25, -0.2) is 0 Å². The second kappa shape index (κ2) is 5.57. The van der Waals surface area contributed by atoms with Gasteiger partial charge in [-0.3, -0.25) is 0 Å². The summed E-state index contributed by atoms with van der Waals surface area (Å²) in [5.41, 5.74) is 0. The number of hydrogen-bond donors (Lipinski definition) is 0. The Morgan fingerprint density at radius 1 is 1.25 bits per heavy atom. The van der Waals surface area contributed by atoms with Crippen molar-refractivity contribution >= 4 is 8.80 Å². The van der Waals surface area contributed by atoms with Crippen molar-refractivity contribution in [3.05, 3.63) is 0 Å². The molecule has 1 aliphatic heterocycles. The first-order chi connectivity index (χ1) is 7.57.